The average molecular weight is 438 g/mol. The molecule has 3 rings (SSSR count). The summed E-state index contributed by atoms with van der Waals surface area (Å²) >= 11 is 0. The molecule has 6 nitrogen and oxygen atoms in total. The molecule has 0 radical (unpaired) electrons. The fourth-order valence-corrected chi connectivity index (χ4v) is 3.46. The van der Waals surface area contributed by atoms with E-state index in [1.807, 2.05) is 0 Å². The number of aromatic nitrogens is 2. The molecule has 1 fully saturated rings. The van der Waals surface area contributed by atoms with Gasteiger partial charge in [-0.25, -0.2) is 4.98 Å². The third-order valence-electron chi connectivity index (χ3n) is 4.54. The van der Waals surface area contributed by atoms with E-state index in [2.05, 4.69) is 15.3 Å². The normalized spacial score (nSPS) is 17.9. The summed E-state index contributed by atoms with van der Waals surface area (Å²) < 4.78 is 64.3. The van der Waals surface area contributed by atoms with Gasteiger partial charge in [0.15, 0.2) is 0 Å². The lowest BCUT2D eigenvalue weighted by Crippen LogP contribution is -2.26. The number of hydrogen-bond donors (Lipinski definition) is 4. The number of nitrogens with zero attached hydrogens (tertiary/aromatic N) is 1. The Kier molecular flexibility index (Phi) is 4.59. The fraction of sp³-hybridized carbons (Fsp3) is 0.353. The third kappa shape index (κ3) is 4.75. The van der Waals surface area contributed by atoms with Crippen molar-refractivity contribution in [3.8, 4) is 0 Å². The molecule has 2 aromatic rings. The van der Waals surface area contributed by atoms with Crippen LogP contribution in [0.2, 0.25) is 0 Å². The Morgan fingerprint density at radius 2 is 1.86 bits per heavy atom. The molecule has 1 saturated carbocycles. The lowest BCUT2D eigenvalue weighted by Gasteiger charge is -2.40. The Labute approximate surface area is 162 Å². The highest BCUT2D eigenvalue weighted by Crippen LogP contribution is 3.02. The summed E-state index contributed by atoms with van der Waals surface area (Å²) in [6, 6.07) is 1.74. The number of aliphatic hydroxyl groups is 1. The van der Waals surface area contributed by atoms with Crippen molar-refractivity contribution in [2.45, 2.75) is 36.6 Å². The minimum Gasteiger partial charge on any atom is -0.390 e. The van der Waals surface area contributed by atoms with Crippen molar-refractivity contribution in [1.29, 1.82) is 5.41 Å². The topological polar surface area (TPSA) is 102 Å². The molecule has 160 valence electrons. The average Bonchev–Trinajstić information content (AvgIpc) is 3.44. The van der Waals surface area contributed by atoms with Crippen LogP contribution in [0, 0.1) is 5.41 Å². The number of aliphatic hydroxyl groups excluding tert-OH is 1. The van der Waals surface area contributed by atoms with Gasteiger partial charge in [0.05, 0.1) is 12.3 Å². The Balaban J connectivity index is 1.93. The van der Waals surface area contributed by atoms with Crippen LogP contribution in [0.15, 0.2) is 34.0 Å². The molecule has 12 heteroatoms. The van der Waals surface area contributed by atoms with Crippen LogP contribution in [0.1, 0.15) is 48.7 Å². The molecular weight excluding hydrogens is 419 g/mol. The number of H-pyrrole nitrogens is 1. The maximum Gasteiger partial charge on any atom is 0.310 e. The summed E-state index contributed by atoms with van der Waals surface area (Å²) in [7, 11) is -9.76. The molecule has 1 unspecified atom stereocenters. The number of aromatic amines is 1. The van der Waals surface area contributed by atoms with Gasteiger partial charge in [-0.15, -0.1) is 0 Å². The van der Waals surface area contributed by atoms with Gasteiger partial charge in [-0.3, -0.25) is 4.79 Å². The van der Waals surface area contributed by atoms with Gasteiger partial charge in [0.1, 0.15) is 22.1 Å². The molecule has 0 bridgehead atoms. The molecule has 1 aromatic carbocycles. The van der Waals surface area contributed by atoms with Crippen molar-refractivity contribution in [1.82, 2.24) is 9.97 Å². The van der Waals surface area contributed by atoms with E-state index in [0.717, 1.165) is 25.0 Å². The van der Waals surface area contributed by atoms with Crippen LogP contribution in [0.3, 0.4) is 0 Å². The van der Waals surface area contributed by atoms with Crippen LogP contribution in [0.25, 0.3) is 0 Å². The van der Waals surface area contributed by atoms with Crippen LogP contribution >= 0.6 is 10.2 Å². The molecule has 4 N–H and O–H groups in total. The first-order valence-corrected chi connectivity index (χ1v) is 10.6. The maximum absolute atomic E-state index is 12.9. The molecular formula is C17H19F5N4O2S. The van der Waals surface area contributed by atoms with Gasteiger partial charge >= 0.3 is 10.2 Å². The molecule has 1 aliphatic carbocycles. The van der Waals surface area contributed by atoms with Crippen LogP contribution < -0.4 is 10.9 Å². The summed E-state index contributed by atoms with van der Waals surface area (Å²) in [6.07, 6.45) is 1.68. The summed E-state index contributed by atoms with van der Waals surface area (Å²) in [5.74, 6) is 0.488. The number of hydrogen-bond acceptors (Lipinski definition) is 5. The van der Waals surface area contributed by atoms with Gasteiger partial charge in [0.2, 0.25) is 0 Å². The van der Waals surface area contributed by atoms with E-state index in [9.17, 15) is 29.3 Å². The highest BCUT2D eigenvalue weighted by molar-refractivity contribution is 8.45. The predicted molar refractivity (Wildman–Crippen MR) is 101 cm³/mol. The van der Waals surface area contributed by atoms with E-state index in [-0.39, 0.29) is 28.6 Å². The van der Waals surface area contributed by atoms with Crippen molar-refractivity contribution in [2.75, 3.05) is 11.9 Å². The van der Waals surface area contributed by atoms with Crippen molar-refractivity contribution >= 4 is 21.8 Å². The molecule has 1 aromatic heterocycles. The second-order valence-corrected chi connectivity index (χ2v) is 9.40. The van der Waals surface area contributed by atoms with E-state index >= 15 is 0 Å². The largest absolute Gasteiger partial charge is 0.390 e. The molecule has 1 aliphatic rings. The first-order chi connectivity index (χ1) is 13.2. The Bertz CT molecular complexity index is 1020. The van der Waals surface area contributed by atoms with Gasteiger partial charge in [0.25, 0.3) is 5.56 Å². The number of rotatable bonds is 7. The first kappa shape index (κ1) is 21.2. The van der Waals surface area contributed by atoms with Crippen LogP contribution in [-0.4, -0.2) is 27.4 Å². The standard InChI is InChI=1S/C17H19F5N4O2S/c1-9(10-4-6-12(7-5-10)29(18,19,20,21)22)24-16-14(13(23)8-27)17(28)26-15(25-16)11-2-3-11/h4-7,9,11,23,27H,2-3,8H2,1H3,(H2,24,25,26,28). The van der Waals surface area contributed by atoms with Crippen molar-refractivity contribution in [2.24, 2.45) is 0 Å². The molecule has 29 heavy (non-hydrogen) atoms. The molecule has 1 heterocycles. The Hall–Kier alpha value is -2.47. The fourth-order valence-electron chi connectivity index (χ4n) is 2.81. The Morgan fingerprint density at radius 3 is 2.34 bits per heavy atom. The van der Waals surface area contributed by atoms with Gasteiger partial charge in [-0.05, 0) is 37.5 Å². The monoisotopic (exact) mass is 438 g/mol. The summed E-state index contributed by atoms with van der Waals surface area (Å²) in [4.78, 5) is 17.2. The summed E-state index contributed by atoms with van der Waals surface area (Å²) in [6.45, 7) is 0.829. The molecule has 0 saturated heterocycles. The second-order valence-electron chi connectivity index (χ2n) is 6.99. The first-order valence-electron chi connectivity index (χ1n) is 8.63. The highest BCUT2D eigenvalue weighted by Gasteiger charge is 2.65. The second kappa shape index (κ2) is 6.26. The lowest BCUT2D eigenvalue weighted by atomic mass is 10.1. The summed E-state index contributed by atoms with van der Waals surface area (Å²) in [5, 5.41) is 19.9. The Morgan fingerprint density at radius 1 is 1.28 bits per heavy atom. The predicted octanol–water partition coefficient (Wildman–Crippen LogP) is 4.84. The minimum atomic E-state index is -9.76. The van der Waals surface area contributed by atoms with E-state index in [1.165, 1.54) is 0 Å². The summed E-state index contributed by atoms with van der Waals surface area (Å²) in [5.41, 5.74) is -0.946. The smallest absolute Gasteiger partial charge is 0.310 e. The van der Waals surface area contributed by atoms with E-state index in [0.29, 0.717) is 18.0 Å². The van der Waals surface area contributed by atoms with E-state index in [4.69, 9.17) is 5.41 Å². The molecule has 0 amide bonds. The number of benzene rings is 1. The SMILES string of the molecule is CC(Nc1nc(C2CC2)[nH]c(=O)c1C(=N)CO)c1ccc(S(F)(F)(F)(F)F)cc1. The van der Waals surface area contributed by atoms with Crippen LogP contribution in [0.5, 0.6) is 0 Å². The van der Waals surface area contributed by atoms with Crippen molar-refractivity contribution < 1.29 is 24.5 Å². The van der Waals surface area contributed by atoms with Gasteiger partial charge in [-0.1, -0.05) is 31.6 Å². The van der Waals surface area contributed by atoms with Gasteiger partial charge in [-0.2, -0.15) is 0 Å². The number of nitrogens with one attached hydrogen (secondary N) is 3. The molecule has 1 atom stereocenters. The zero-order valence-corrected chi connectivity index (χ0v) is 16.0. The van der Waals surface area contributed by atoms with Crippen LogP contribution in [0.4, 0.5) is 25.2 Å². The zero-order chi connectivity index (χ0) is 21.7. The van der Waals surface area contributed by atoms with Crippen molar-refractivity contribution in [3.63, 3.8) is 0 Å². The number of halogens is 5. The number of anilines is 1. The van der Waals surface area contributed by atoms with Gasteiger partial charge in [0, 0.05) is 12.0 Å². The van der Waals surface area contributed by atoms with Gasteiger partial charge < -0.3 is 20.8 Å². The minimum absolute atomic E-state index is 0.000935. The lowest BCUT2D eigenvalue weighted by molar-refractivity contribution is 0.357. The quantitative estimate of drug-likeness (QED) is 0.367. The van der Waals surface area contributed by atoms with Crippen LogP contribution in [-0.2, 0) is 0 Å². The highest BCUT2D eigenvalue weighted by atomic mass is 32.5. The maximum atomic E-state index is 12.9. The third-order valence-corrected chi connectivity index (χ3v) is 5.70. The zero-order valence-electron chi connectivity index (χ0n) is 15.2. The van der Waals surface area contributed by atoms with Crippen molar-refractivity contribution in [3.05, 3.63) is 51.6 Å². The van der Waals surface area contributed by atoms with E-state index < -0.39 is 33.3 Å². The van der Waals surface area contributed by atoms with E-state index in [1.54, 1.807) is 6.92 Å². The molecule has 0 spiro atoms. The molecule has 0 aliphatic heterocycles.